The normalized spacial score (nSPS) is 9.94. The van der Waals surface area contributed by atoms with Crippen LogP contribution in [-0.4, -0.2) is 24.9 Å². The number of hydrogen-bond acceptors (Lipinski definition) is 3. The van der Waals surface area contributed by atoms with E-state index in [2.05, 4.69) is 11.8 Å². The van der Waals surface area contributed by atoms with Gasteiger partial charge in [0.05, 0.1) is 19.8 Å². The standard InChI is InChI=1S/C14H18O3/c1-11(2)17-10-13-9-12(5-4-8-15)6-7-14(13)16-3/h6-7,9,11,15H,8,10H2,1-3H3. The molecule has 1 aromatic rings. The summed E-state index contributed by atoms with van der Waals surface area (Å²) >= 11 is 0. The van der Waals surface area contributed by atoms with Crippen molar-refractivity contribution in [1.82, 2.24) is 0 Å². The first-order valence-electron chi connectivity index (χ1n) is 5.55. The summed E-state index contributed by atoms with van der Waals surface area (Å²) in [5, 5.41) is 8.65. The minimum absolute atomic E-state index is 0.135. The van der Waals surface area contributed by atoms with E-state index in [1.807, 2.05) is 32.0 Å². The zero-order valence-corrected chi connectivity index (χ0v) is 10.5. The van der Waals surface area contributed by atoms with Crippen molar-refractivity contribution in [3.8, 4) is 17.6 Å². The highest BCUT2D eigenvalue weighted by molar-refractivity contribution is 5.44. The molecule has 0 saturated heterocycles. The molecule has 0 bridgehead atoms. The molecule has 0 aromatic heterocycles. The van der Waals surface area contributed by atoms with E-state index in [1.54, 1.807) is 7.11 Å². The van der Waals surface area contributed by atoms with Crippen LogP contribution in [0.2, 0.25) is 0 Å². The van der Waals surface area contributed by atoms with Gasteiger partial charge in [-0.15, -0.1) is 0 Å². The van der Waals surface area contributed by atoms with Crippen LogP contribution in [0.3, 0.4) is 0 Å². The van der Waals surface area contributed by atoms with Gasteiger partial charge in [0.2, 0.25) is 0 Å². The van der Waals surface area contributed by atoms with E-state index >= 15 is 0 Å². The van der Waals surface area contributed by atoms with Crippen molar-refractivity contribution in [2.75, 3.05) is 13.7 Å². The number of hydrogen-bond donors (Lipinski definition) is 1. The lowest BCUT2D eigenvalue weighted by Crippen LogP contribution is -2.03. The number of ether oxygens (including phenoxy) is 2. The largest absolute Gasteiger partial charge is 0.496 e. The van der Waals surface area contributed by atoms with Gasteiger partial charge < -0.3 is 14.6 Å². The summed E-state index contributed by atoms with van der Waals surface area (Å²) in [5.74, 6) is 6.27. The quantitative estimate of drug-likeness (QED) is 0.809. The van der Waals surface area contributed by atoms with Crippen molar-refractivity contribution in [2.24, 2.45) is 0 Å². The summed E-state index contributed by atoms with van der Waals surface area (Å²) in [6, 6.07) is 5.64. The fraction of sp³-hybridized carbons (Fsp3) is 0.429. The van der Waals surface area contributed by atoms with Crippen LogP contribution in [0, 0.1) is 11.8 Å². The number of aliphatic hydroxyl groups excluding tert-OH is 1. The Morgan fingerprint density at radius 2 is 2.12 bits per heavy atom. The fourth-order valence-electron chi connectivity index (χ4n) is 1.37. The molecule has 1 aromatic carbocycles. The lowest BCUT2D eigenvalue weighted by atomic mass is 10.1. The molecule has 0 aliphatic carbocycles. The van der Waals surface area contributed by atoms with Crippen LogP contribution in [0.1, 0.15) is 25.0 Å². The third-order valence-electron chi connectivity index (χ3n) is 2.16. The lowest BCUT2D eigenvalue weighted by molar-refractivity contribution is 0.0644. The smallest absolute Gasteiger partial charge is 0.124 e. The van der Waals surface area contributed by atoms with Gasteiger partial charge in [-0.05, 0) is 32.0 Å². The Labute approximate surface area is 102 Å². The summed E-state index contributed by atoms with van der Waals surface area (Å²) < 4.78 is 10.8. The SMILES string of the molecule is COc1ccc(C#CCO)cc1COC(C)C. The van der Waals surface area contributed by atoms with Gasteiger partial charge >= 0.3 is 0 Å². The highest BCUT2D eigenvalue weighted by Gasteiger charge is 2.05. The Morgan fingerprint density at radius 3 is 2.71 bits per heavy atom. The van der Waals surface area contributed by atoms with Crippen molar-refractivity contribution in [3.63, 3.8) is 0 Å². The predicted octanol–water partition coefficient (Wildman–Crippen LogP) is 1.96. The minimum Gasteiger partial charge on any atom is -0.496 e. The Balaban J connectivity index is 2.89. The number of aliphatic hydroxyl groups is 1. The van der Waals surface area contributed by atoms with Crippen LogP contribution in [0.5, 0.6) is 5.75 Å². The van der Waals surface area contributed by atoms with E-state index in [9.17, 15) is 0 Å². The van der Waals surface area contributed by atoms with Gasteiger partial charge in [0.15, 0.2) is 0 Å². The van der Waals surface area contributed by atoms with Gasteiger partial charge in [-0.2, -0.15) is 0 Å². The van der Waals surface area contributed by atoms with Crippen molar-refractivity contribution in [1.29, 1.82) is 0 Å². The molecule has 1 rings (SSSR count). The molecule has 3 nitrogen and oxygen atoms in total. The molecule has 0 aliphatic rings. The highest BCUT2D eigenvalue weighted by atomic mass is 16.5. The van der Waals surface area contributed by atoms with Gasteiger partial charge in [0.25, 0.3) is 0 Å². The van der Waals surface area contributed by atoms with E-state index in [-0.39, 0.29) is 12.7 Å². The van der Waals surface area contributed by atoms with Crippen molar-refractivity contribution in [2.45, 2.75) is 26.6 Å². The van der Waals surface area contributed by atoms with E-state index in [0.717, 1.165) is 16.9 Å². The second-order valence-corrected chi connectivity index (χ2v) is 3.85. The van der Waals surface area contributed by atoms with Crippen LogP contribution in [0.15, 0.2) is 18.2 Å². The zero-order valence-electron chi connectivity index (χ0n) is 10.5. The summed E-state index contributed by atoms with van der Waals surface area (Å²) in [4.78, 5) is 0. The monoisotopic (exact) mass is 234 g/mol. The lowest BCUT2D eigenvalue weighted by Gasteiger charge is -2.11. The maximum absolute atomic E-state index is 8.65. The van der Waals surface area contributed by atoms with Crippen molar-refractivity contribution >= 4 is 0 Å². The second-order valence-electron chi connectivity index (χ2n) is 3.85. The van der Waals surface area contributed by atoms with Crippen LogP contribution < -0.4 is 4.74 Å². The molecule has 0 spiro atoms. The molecule has 17 heavy (non-hydrogen) atoms. The van der Waals surface area contributed by atoms with E-state index in [1.165, 1.54) is 0 Å². The Morgan fingerprint density at radius 1 is 1.35 bits per heavy atom. The first kappa shape index (κ1) is 13.6. The van der Waals surface area contributed by atoms with E-state index in [0.29, 0.717) is 6.61 Å². The second kappa shape index (κ2) is 6.95. The molecule has 0 fully saturated rings. The van der Waals surface area contributed by atoms with Crippen molar-refractivity contribution < 1.29 is 14.6 Å². The Hall–Kier alpha value is -1.50. The summed E-state index contributed by atoms with van der Waals surface area (Å²) in [7, 11) is 1.63. The summed E-state index contributed by atoms with van der Waals surface area (Å²) in [6.45, 7) is 4.34. The maximum atomic E-state index is 8.65. The third kappa shape index (κ3) is 4.48. The van der Waals surface area contributed by atoms with Crippen LogP contribution in [0.4, 0.5) is 0 Å². The fourth-order valence-corrected chi connectivity index (χ4v) is 1.37. The summed E-state index contributed by atoms with van der Waals surface area (Å²) in [6.07, 6.45) is 0.173. The van der Waals surface area contributed by atoms with Gasteiger partial charge in [-0.25, -0.2) is 0 Å². The number of methoxy groups -OCH3 is 1. The van der Waals surface area contributed by atoms with Crippen LogP contribution in [-0.2, 0) is 11.3 Å². The zero-order chi connectivity index (χ0) is 12.7. The molecule has 0 atom stereocenters. The first-order chi connectivity index (χ1) is 8.17. The molecule has 0 unspecified atom stereocenters. The third-order valence-corrected chi connectivity index (χ3v) is 2.16. The van der Waals surface area contributed by atoms with Gasteiger partial charge in [-0.1, -0.05) is 11.8 Å². The molecule has 0 radical (unpaired) electrons. The molecule has 0 heterocycles. The molecule has 92 valence electrons. The molecule has 0 amide bonds. The average molecular weight is 234 g/mol. The highest BCUT2D eigenvalue weighted by Crippen LogP contribution is 2.20. The van der Waals surface area contributed by atoms with Gasteiger partial charge in [0, 0.05) is 11.1 Å². The maximum Gasteiger partial charge on any atom is 0.124 e. The Kier molecular flexibility index (Phi) is 5.55. The molecular weight excluding hydrogens is 216 g/mol. The average Bonchev–Trinajstić information content (AvgIpc) is 2.33. The van der Waals surface area contributed by atoms with Crippen LogP contribution in [0.25, 0.3) is 0 Å². The topological polar surface area (TPSA) is 38.7 Å². The van der Waals surface area contributed by atoms with Crippen molar-refractivity contribution in [3.05, 3.63) is 29.3 Å². The molecular formula is C14H18O3. The minimum atomic E-state index is -0.135. The predicted molar refractivity (Wildman–Crippen MR) is 66.9 cm³/mol. The molecule has 0 aliphatic heterocycles. The van der Waals surface area contributed by atoms with Crippen LogP contribution >= 0.6 is 0 Å². The Bertz CT molecular complexity index is 413. The van der Waals surface area contributed by atoms with E-state index < -0.39 is 0 Å². The molecule has 0 saturated carbocycles. The van der Waals surface area contributed by atoms with Gasteiger partial charge in [-0.3, -0.25) is 0 Å². The van der Waals surface area contributed by atoms with E-state index in [4.69, 9.17) is 14.6 Å². The number of benzene rings is 1. The number of rotatable bonds is 4. The molecule has 3 heteroatoms. The molecule has 1 N–H and O–H groups in total. The first-order valence-corrected chi connectivity index (χ1v) is 5.55. The summed E-state index contributed by atoms with van der Waals surface area (Å²) in [5.41, 5.74) is 1.81. The van der Waals surface area contributed by atoms with Gasteiger partial charge in [0.1, 0.15) is 12.4 Å².